The van der Waals surface area contributed by atoms with Gasteiger partial charge >= 0.3 is 0 Å². The molecule has 0 aromatic carbocycles. The lowest BCUT2D eigenvalue weighted by Gasteiger charge is -2.16. The smallest absolute Gasteiger partial charge is 0.150 e. The molecule has 78 valence electrons. The first-order valence-corrected chi connectivity index (χ1v) is 4.94. The van der Waals surface area contributed by atoms with Crippen molar-refractivity contribution >= 4 is 5.82 Å². The van der Waals surface area contributed by atoms with Crippen LogP contribution in [-0.4, -0.2) is 35.5 Å². The highest BCUT2D eigenvalue weighted by Gasteiger charge is 2.00. The second-order valence-electron chi connectivity index (χ2n) is 3.29. The predicted molar refractivity (Wildman–Crippen MR) is 56.2 cm³/mol. The average Bonchev–Trinajstić information content (AvgIpc) is 2.25. The Labute approximate surface area is 84.6 Å². The van der Waals surface area contributed by atoms with Gasteiger partial charge in [0.15, 0.2) is 5.82 Å². The summed E-state index contributed by atoms with van der Waals surface area (Å²) >= 11 is 0. The summed E-state index contributed by atoms with van der Waals surface area (Å²) < 4.78 is 0. The number of aromatic nitrogens is 2. The molecule has 0 atom stereocenters. The van der Waals surface area contributed by atoms with E-state index in [1.807, 2.05) is 19.2 Å². The Morgan fingerprint density at radius 3 is 2.86 bits per heavy atom. The van der Waals surface area contributed by atoms with E-state index in [1.165, 1.54) is 0 Å². The van der Waals surface area contributed by atoms with Crippen LogP contribution in [0.25, 0.3) is 0 Å². The van der Waals surface area contributed by atoms with Crippen LogP contribution >= 0.6 is 0 Å². The van der Waals surface area contributed by atoms with Gasteiger partial charge in [0, 0.05) is 26.4 Å². The van der Waals surface area contributed by atoms with Crippen molar-refractivity contribution in [3.05, 3.63) is 18.3 Å². The normalized spacial score (nSPS) is 10.1. The van der Waals surface area contributed by atoms with Gasteiger partial charge in [-0.05, 0) is 31.4 Å². The molecule has 0 spiro atoms. The van der Waals surface area contributed by atoms with Crippen LogP contribution in [-0.2, 0) is 0 Å². The third kappa shape index (κ3) is 3.70. The van der Waals surface area contributed by atoms with Crippen LogP contribution in [0.1, 0.15) is 19.3 Å². The lowest BCUT2D eigenvalue weighted by molar-refractivity contribution is 0.283. The first-order valence-electron chi connectivity index (χ1n) is 4.94. The zero-order chi connectivity index (χ0) is 10.2. The fraction of sp³-hybridized carbons (Fsp3) is 0.600. The van der Waals surface area contributed by atoms with E-state index in [0.29, 0.717) is 0 Å². The first kappa shape index (κ1) is 10.9. The van der Waals surface area contributed by atoms with Crippen molar-refractivity contribution in [3.63, 3.8) is 0 Å². The molecule has 0 aliphatic rings. The Morgan fingerprint density at radius 2 is 2.21 bits per heavy atom. The third-order valence-corrected chi connectivity index (χ3v) is 2.10. The van der Waals surface area contributed by atoms with Gasteiger partial charge in [-0.3, -0.25) is 0 Å². The summed E-state index contributed by atoms with van der Waals surface area (Å²) in [6.07, 6.45) is 4.69. The standard InChI is InChI=1S/C10H17N3O/c1-13(8-3-2-4-9-14)10-6-5-7-11-12-10/h5-7,14H,2-4,8-9H2,1H3. The van der Waals surface area contributed by atoms with Gasteiger partial charge in [-0.1, -0.05) is 0 Å². The molecule has 0 aliphatic heterocycles. The Hall–Kier alpha value is -1.16. The van der Waals surface area contributed by atoms with Crippen LogP contribution in [0.5, 0.6) is 0 Å². The molecule has 0 saturated heterocycles. The zero-order valence-electron chi connectivity index (χ0n) is 8.56. The number of hydrogen-bond donors (Lipinski definition) is 1. The van der Waals surface area contributed by atoms with E-state index in [0.717, 1.165) is 31.6 Å². The minimum Gasteiger partial charge on any atom is -0.396 e. The Kier molecular flexibility index (Phi) is 4.93. The van der Waals surface area contributed by atoms with Gasteiger partial charge in [-0.2, -0.15) is 5.10 Å². The maximum absolute atomic E-state index is 8.61. The molecular weight excluding hydrogens is 178 g/mol. The molecule has 0 amide bonds. The van der Waals surface area contributed by atoms with Crippen molar-refractivity contribution < 1.29 is 5.11 Å². The van der Waals surface area contributed by atoms with Crippen molar-refractivity contribution in [1.82, 2.24) is 10.2 Å². The quantitative estimate of drug-likeness (QED) is 0.690. The summed E-state index contributed by atoms with van der Waals surface area (Å²) in [4.78, 5) is 2.07. The van der Waals surface area contributed by atoms with Gasteiger partial charge in [0.05, 0.1) is 0 Å². The highest BCUT2D eigenvalue weighted by Crippen LogP contribution is 2.06. The van der Waals surface area contributed by atoms with Crippen molar-refractivity contribution in [2.75, 3.05) is 25.1 Å². The highest BCUT2D eigenvalue weighted by atomic mass is 16.2. The van der Waals surface area contributed by atoms with E-state index in [2.05, 4.69) is 15.1 Å². The number of nitrogens with zero attached hydrogens (tertiary/aromatic N) is 3. The van der Waals surface area contributed by atoms with Gasteiger partial charge in [-0.25, -0.2) is 0 Å². The summed E-state index contributed by atoms with van der Waals surface area (Å²) in [5.41, 5.74) is 0. The number of unbranched alkanes of at least 4 members (excludes halogenated alkanes) is 2. The van der Waals surface area contributed by atoms with E-state index in [1.54, 1.807) is 6.20 Å². The molecule has 0 aliphatic carbocycles. The average molecular weight is 195 g/mol. The number of aliphatic hydroxyl groups is 1. The molecule has 0 radical (unpaired) electrons. The van der Waals surface area contributed by atoms with Crippen LogP contribution < -0.4 is 4.90 Å². The first-order chi connectivity index (χ1) is 6.84. The van der Waals surface area contributed by atoms with Crippen LogP contribution in [0.2, 0.25) is 0 Å². The second kappa shape index (κ2) is 6.32. The summed E-state index contributed by atoms with van der Waals surface area (Å²) in [5, 5.41) is 16.4. The SMILES string of the molecule is CN(CCCCCO)c1cccnn1. The van der Waals surface area contributed by atoms with Gasteiger partial charge < -0.3 is 10.0 Å². The Morgan fingerprint density at radius 1 is 1.36 bits per heavy atom. The minimum atomic E-state index is 0.287. The molecule has 1 aromatic rings. The summed E-state index contributed by atoms with van der Waals surface area (Å²) in [6.45, 7) is 1.24. The molecule has 1 rings (SSSR count). The fourth-order valence-corrected chi connectivity index (χ4v) is 1.25. The van der Waals surface area contributed by atoms with Crippen molar-refractivity contribution in [2.24, 2.45) is 0 Å². The van der Waals surface area contributed by atoms with E-state index in [9.17, 15) is 0 Å². The second-order valence-corrected chi connectivity index (χ2v) is 3.29. The number of hydrogen-bond acceptors (Lipinski definition) is 4. The molecule has 4 heteroatoms. The maximum atomic E-state index is 8.61. The number of anilines is 1. The van der Waals surface area contributed by atoms with Crippen LogP contribution in [0.3, 0.4) is 0 Å². The molecular formula is C10H17N3O. The van der Waals surface area contributed by atoms with Crippen LogP contribution in [0, 0.1) is 0 Å². The van der Waals surface area contributed by atoms with Crippen LogP contribution in [0.15, 0.2) is 18.3 Å². The minimum absolute atomic E-state index is 0.287. The van der Waals surface area contributed by atoms with E-state index in [-0.39, 0.29) is 6.61 Å². The van der Waals surface area contributed by atoms with Crippen molar-refractivity contribution in [1.29, 1.82) is 0 Å². The highest BCUT2D eigenvalue weighted by molar-refractivity contribution is 5.34. The van der Waals surface area contributed by atoms with Gasteiger partial charge in [0.2, 0.25) is 0 Å². The Balaban J connectivity index is 2.25. The zero-order valence-corrected chi connectivity index (χ0v) is 8.56. The molecule has 4 nitrogen and oxygen atoms in total. The predicted octanol–water partition coefficient (Wildman–Crippen LogP) is 1.08. The summed E-state index contributed by atoms with van der Waals surface area (Å²) in [7, 11) is 2.00. The molecule has 1 N–H and O–H groups in total. The van der Waals surface area contributed by atoms with E-state index < -0.39 is 0 Å². The Bertz CT molecular complexity index is 240. The maximum Gasteiger partial charge on any atom is 0.150 e. The number of aliphatic hydroxyl groups excluding tert-OH is 1. The molecule has 0 unspecified atom stereocenters. The monoisotopic (exact) mass is 195 g/mol. The fourth-order valence-electron chi connectivity index (χ4n) is 1.25. The van der Waals surface area contributed by atoms with Gasteiger partial charge in [0.1, 0.15) is 0 Å². The molecule has 0 bridgehead atoms. The number of rotatable bonds is 6. The van der Waals surface area contributed by atoms with Crippen molar-refractivity contribution in [3.8, 4) is 0 Å². The third-order valence-electron chi connectivity index (χ3n) is 2.10. The molecule has 0 saturated carbocycles. The summed E-state index contributed by atoms with van der Waals surface area (Å²) in [6, 6.07) is 3.82. The van der Waals surface area contributed by atoms with Crippen molar-refractivity contribution in [2.45, 2.75) is 19.3 Å². The molecule has 1 aromatic heterocycles. The van der Waals surface area contributed by atoms with Gasteiger partial charge in [-0.15, -0.1) is 5.10 Å². The lowest BCUT2D eigenvalue weighted by Crippen LogP contribution is -2.19. The largest absolute Gasteiger partial charge is 0.396 e. The molecule has 0 fully saturated rings. The lowest BCUT2D eigenvalue weighted by atomic mass is 10.2. The molecule has 14 heavy (non-hydrogen) atoms. The summed E-state index contributed by atoms with van der Waals surface area (Å²) in [5.74, 6) is 0.900. The topological polar surface area (TPSA) is 49.2 Å². The molecule has 1 heterocycles. The van der Waals surface area contributed by atoms with Gasteiger partial charge in [0.25, 0.3) is 0 Å². The van der Waals surface area contributed by atoms with E-state index >= 15 is 0 Å². The van der Waals surface area contributed by atoms with Crippen LogP contribution in [0.4, 0.5) is 5.82 Å². The van der Waals surface area contributed by atoms with E-state index in [4.69, 9.17) is 5.11 Å².